The summed E-state index contributed by atoms with van der Waals surface area (Å²) in [5.74, 6) is 1.29. The first-order chi connectivity index (χ1) is 15.7. The lowest BCUT2D eigenvalue weighted by atomic mass is 9.83. The molecule has 2 fully saturated rings. The zero-order valence-electron chi connectivity index (χ0n) is 19.1. The van der Waals surface area contributed by atoms with Gasteiger partial charge in [0.1, 0.15) is 0 Å². The van der Waals surface area contributed by atoms with Crippen molar-refractivity contribution in [2.75, 3.05) is 12.8 Å². The van der Waals surface area contributed by atoms with Crippen molar-refractivity contribution in [2.24, 2.45) is 17.8 Å². The van der Waals surface area contributed by atoms with E-state index in [1.165, 1.54) is 13.1 Å². The molecular weight excluding hydrogens is 453 g/mol. The third-order valence-electron chi connectivity index (χ3n) is 7.17. The second-order valence-corrected chi connectivity index (χ2v) is 13.9. The number of nitrogens with one attached hydrogen (secondary N) is 1. The van der Waals surface area contributed by atoms with E-state index >= 15 is 0 Å². The van der Waals surface area contributed by atoms with Crippen molar-refractivity contribution in [2.45, 2.75) is 49.5 Å². The fourth-order valence-electron chi connectivity index (χ4n) is 5.51. The summed E-state index contributed by atoms with van der Waals surface area (Å²) in [5, 5.41) is 0. The average molecular weight is 488 g/mol. The Morgan fingerprint density at radius 3 is 2.36 bits per heavy atom. The molecule has 0 aliphatic heterocycles. The number of benzene rings is 2. The molecule has 178 valence electrons. The number of hydrogen-bond donors (Lipinski definition) is 2. The molecule has 4 rings (SSSR count). The normalized spacial score (nSPS) is 26.6. The standard InChI is InChI=1S/C26H34NO4PS/c1-32(28,29)18-8-3-2-7-11-25-22-12-13-23(19-22)26(25)27-33(30,31)24-16-14-21(15-17-24)20-9-5-4-6-10-20/h2,4-7,9-10,14-17,22-23,25-27H,3,8,11-13,18-19H2,1H3,(H,28,29)/b7-2-/t22?,23-,25?,26?/m0/s1. The summed E-state index contributed by atoms with van der Waals surface area (Å²) in [7, 11) is -6.52. The SMILES string of the molecule is CP(=O)(O)CCC/C=C\CC1C2CC[C@@H](C2)C1NS(=O)(=O)c1ccc(-c2ccccc2)cc1. The molecular formula is C26H34NO4PS. The molecule has 2 N–H and O–H groups in total. The van der Waals surface area contributed by atoms with Crippen LogP contribution in [0.2, 0.25) is 0 Å². The number of fused-ring (bicyclic) bond motifs is 2. The monoisotopic (exact) mass is 487 g/mol. The van der Waals surface area contributed by atoms with Gasteiger partial charge in [-0.3, -0.25) is 4.57 Å². The topological polar surface area (TPSA) is 83.5 Å². The van der Waals surface area contributed by atoms with Gasteiger partial charge in [-0.1, -0.05) is 54.6 Å². The number of sulfonamides is 1. The third kappa shape index (κ3) is 6.24. The fraction of sp³-hybridized carbons (Fsp3) is 0.462. The molecule has 0 spiro atoms. The van der Waals surface area contributed by atoms with Crippen LogP contribution in [0.3, 0.4) is 0 Å². The molecule has 5 nitrogen and oxygen atoms in total. The van der Waals surface area contributed by atoms with Crippen LogP contribution in [-0.4, -0.2) is 32.2 Å². The lowest BCUT2D eigenvalue weighted by molar-refractivity contribution is 0.274. The van der Waals surface area contributed by atoms with Gasteiger partial charge >= 0.3 is 0 Å². The molecule has 0 amide bonds. The quantitative estimate of drug-likeness (QED) is 0.257. The van der Waals surface area contributed by atoms with Crippen LogP contribution in [0.15, 0.2) is 71.6 Å². The largest absolute Gasteiger partial charge is 0.344 e. The molecule has 33 heavy (non-hydrogen) atoms. The lowest BCUT2D eigenvalue weighted by Crippen LogP contribution is -2.43. The summed E-state index contributed by atoms with van der Waals surface area (Å²) in [6.45, 7) is 1.40. The van der Waals surface area contributed by atoms with Crippen molar-refractivity contribution in [1.82, 2.24) is 4.72 Å². The minimum absolute atomic E-state index is 0.0273. The van der Waals surface area contributed by atoms with E-state index in [0.717, 1.165) is 36.8 Å². The first-order valence-electron chi connectivity index (χ1n) is 11.8. The predicted molar refractivity (Wildman–Crippen MR) is 134 cm³/mol. The second kappa shape index (κ2) is 10.3. The zero-order valence-corrected chi connectivity index (χ0v) is 20.8. The molecule has 2 aliphatic carbocycles. The lowest BCUT2D eigenvalue weighted by Gasteiger charge is -2.31. The fourth-order valence-corrected chi connectivity index (χ4v) is 7.64. The zero-order chi connectivity index (χ0) is 23.5. The van der Waals surface area contributed by atoms with Gasteiger partial charge in [0.2, 0.25) is 10.0 Å². The molecule has 7 heteroatoms. The molecule has 0 heterocycles. The second-order valence-electron chi connectivity index (χ2n) is 9.66. The molecule has 2 aromatic rings. The average Bonchev–Trinajstić information content (AvgIpc) is 3.38. The van der Waals surface area contributed by atoms with Crippen LogP contribution < -0.4 is 4.72 Å². The van der Waals surface area contributed by atoms with Gasteiger partial charge in [-0.2, -0.15) is 0 Å². The van der Waals surface area contributed by atoms with Gasteiger partial charge < -0.3 is 4.89 Å². The van der Waals surface area contributed by atoms with E-state index in [4.69, 9.17) is 0 Å². The minimum atomic E-state index is -3.59. The highest BCUT2D eigenvalue weighted by molar-refractivity contribution is 7.89. The maximum Gasteiger partial charge on any atom is 0.240 e. The van der Waals surface area contributed by atoms with Gasteiger partial charge in [-0.25, -0.2) is 13.1 Å². The number of hydrogen-bond acceptors (Lipinski definition) is 3. The van der Waals surface area contributed by atoms with Crippen LogP contribution in [0.4, 0.5) is 0 Å². The molecule has 2 bridgehead atoms. The summed E-state index contributed by atoms with van der Waals surface area (Å²) in [4.78, 5) is 9.71. The minimum Gasteiger partial charge on any atom is -0.344 e. The highest BCUT2D eigenvalue weighted by Crippen LogP contribution is 2.50. The smallest absolute Gasteiger partial charge is 0.240 e. The number of unbranched alkanes of at least 4 members (excludes halogenated alkanes) is 1. The molecule has 5 atom stereocenters. The summed E-state index contributed by atoms with van der Waals surface area (Å²) in [6.07, 6.45) is 10.3. The summed E-state index contributed by atoms with van der Waals surface area (Å²) < 4.78 is 40.8. The van der Waals surface area contributed by atoms with Gasteiger partial charge in [-0.05, 0) is 79.5 Å². The van der Waals surface area contributed by atoms with Crippen molar-refractivity contribution in [3.63, 3.8) is 0 Å². The molecule has 2 saturated carbocycles. The maximum absolute atomic E-state index is 13.2. The molecule has 2 aromatic carbocycles. The Morgan fingerprint density at radius 2 is 1.67 bits per heavy atom. The highest BCUT2D eigenvalue weighted by Gasteiger charge is 2.48. The van der Waals surface area contributed by atoms with E-state index in [1.54, 1.807) is 12.1 Å². The first-order valence-corrected chi connectivity index (χ1v) is 15.6. The molecule has 4 unspecified atom stereocenters. The Hall–Kier alpha value is -1.72. The van der Waals surface area contributed by atoms with E-state index in [0.29, 0.717) is 35.2 Å². The van der Waals surface area contributed by atoms with E-state index in [-0.39, 0.29) is 6.04 Å². The van der Waals surface area contributed by atoms with Crippen LogP contribution in [0.1, 0.15) is 38.5 Å². The van der Waals surface area contributed by atoms with Gasteiger partial charge in [-0.15, -0.1) is 0 Å². The van der Waals surface area contributed by atoms with Crippen LogP contribution in [0.25, 0.3) is 11.1 Å². The predicted octanol–water partition coefficient (Wildman–Crippen LogP) is 5.67. The van der Waals surface area contributed by atoms with Crippen molar-refractivity contribution in [3.8, 4) is 11.1 Å². The summed E-state index contributed by atoms with van der Waals surface area (Å²) >= 11 is 0. The van der Waals surface area contributed by atoms with Crippen molar-refractivity contribution in [3.05, 3.63) is 66.7 Å². The Labute approximate surface area is 197 Å². The van der Waals surface area contributed by atoms with Crippen LogP contribution in [-0.2, 0) is 14.6 Å². The molecule has 2 aliphatic rings. The number of allylic oxidation sites excluding steroid dienone is 2. The van der Waals surface area contributed by atoms with E-state index in [2.05, 4.69) is 16.9 Å². The Balaban J connectivity index is 1.39. The maximum atomic E-state index is 13.2. The van der Waals surface area contributed by atoms with Gasteiger partial charge in [0.15, 0.2) is 7.37 Å². The summed E-state index contributed by atoms with van der Waals surface area (Å²) in [5.41, 5.74) is 2.06. The highest BCUT2D eigenvalue weighted by atomic mass is 32.2. The van der Waals surface area contributed by atoms with Gasteiger partial charge in [0.05, 0.1) is 4.90 Å². The van der Waals surface area contributed by atoms with E-state index < -0.39 is 17.4 Å². The first kappa shape index (κ1) is 24.4. The molecule has 0 aromatic heterocycles. The van der Waals surface area contributed by atoms with Crippen molar-refractivity contribution in [1.29, 1.82) is 0 Å². The third-order valence-corrected chi connectivity index (χ3v) is 9.79. The van der Waals surface area contributed by atoms with Crippen LogP contribution >= 0.6 is 7.37 Å². The van der Waals surface area contributed by atoms with E-state index in [1.807, 2.05) is 42.5 Å². The Kier molecular flexibility index (Phi) is 7.59. The summed E-state index contributed by atoms with van der Waals surface area (Å²) in [6, 6.07) is 17.0. The molecule has 0 radical (unpaired) electrons. The van der Waals surface area contributed by atoms with Gasteiger partial charge in [0, 0.05) is 18.9 Å². The van der Waals surface area contributed by atoms with Crippen LogP contribution in [0, 0.1) is 17.8 Å². The van der Waals surface area contributed by atoms with Crippen LogP contribution in [0.5, 0.6) is 0 Å². The van der Waals surface area contributed by atoms with Crippen molar-refractivity contribution >= 4 is 17.4 Å². The Bertz CT molecular complexity index is 1110. The number of rotatable bonds is 10. The van der Waals surface area contributed by atoms with Gasteiger partial charge in [0.25, 0.3) is 0 Å². The Morgan fingerprint density at radius 1 is 1.00 bits per heavy atom. The van der Waals surface area contributed by atoms with E-state index in [9.17, 15) is 17.9 Å². The molecule has 0 saturated heterocycles. The van der Waals surface area contributed by atoms with Crippen molar-refractivity contribution < 1.29 is 17.9 Å².